The van der Waals surface area contributed by atoms with Crippen molar-refractivity contribution in [3.8, 4) is 0 Å². The summed E-state index contributed by atoms with van der Waals surface area (Å²) in [5.41, 5.74) is 0. The molecule has 0 aliphatic carbocycles. The summed E-state index contributed by atoms with van der Waals surface area (Å²) in [5, 5.41) is 0. The second-order valence-corrected chi connectivity index (χ2v) is 7.56. The Morgan fingerprint density at radius 2 is 1.04 bits per heavy atom. The average Bonchev–Trinajstić information content (AvgIpc) is 2.53. The Morgan fingerprint density at radius 1 is 0.652 bits per heavy atom. The number of hydrogen-bond donors (Lipinski definition) is 0. The standard InChI is InChI=1S/C21H41FO/c1-3-5-7-9-11-13-15-20-17-19(22)18-21(23-20)16-14-12-10-8-6-4-2/h19-21H,3-18H2,1-2H3/t19?,20-,21+. The third-order valence-electron chi connectivity index (χ3n) is 5.18. The van der Waals surface area contributed by atoms with Crippen LogP contribution in [0.25, 0.3) is 0 Å². The maximum absolute atomic E-state index is 14.0. The van der Waals surface area contributed by atoms with Crippen molar-refractivity contribution in [3.05, 3.63) is 0 Å². The van der Waals surface area contributed by atoms with Gasteiger partial charge in [0.05, 0.1) is 12.2 Å². The van der Waals surface area contributed by atoms with Crippen LogP contribution in [0.3, 0.4) is 0 Å². The van der Waals surface area contributed by atoms with Gasteiger partial charge < -0.3 is 4.74 Å². The van der Waals surface area contributed by atoms with E-state index >= 15 is 0 Å². The summed E-state index contributed by atoms with van der Waals surface area (Å²) in [6.45, 7) is 4.50. The van der Waals surface area contributed by atoms with Gasteiger partial charge in [-0.05, 0) is 12.8 Å². The molecule has 1 aliphatic heterocycles. The van der Waals surface area contributed by atoms with E-state index < -0.39 is 6.17 Å². The largest absolute Gasteiger partial charge is 0.375 e. The van der Waals surface area contributed by atoms with Crippen molar-refractivity contribution in [1.82, 2.24) is 0 Å². The van der Waals surface area contributed by atoms with Crippen molar-refractivity contribution in [2.24, 2.45) is 0 Å². The number of rotatable bonds is 14. The van der Waals surface area contributed by atoms with Crippen LogP contribution in [0.1, 0.15) is 117 Å². The molecule has 0 spiro atoms. The SMILES string of the molecule is CCCCCCCC[C@@H]1CC(F)C[C@H](CCCCCCCC)O1. The molecular weight excluding hydrogens is 287 g/mol. The highest BCUT2D eigenvalue weighted by molar-refractivity contribution is 4.77. The van der Waals surface area contributed by atoms with Crippen LogP contribution in [0.2, 0.25) is 0 Å². The number of halogens is 1. The molecule has 2 heteroatoms. The van der Waals surface area contributed by atoms with E-state index in [0.29, 0.717) is 12.8 Å². The summed E-state index contributed by atoms with van der Waals surface area (Å²) in [6.07, 6.45) is 18.9. The van der Waals surface area contributed by atoms with E-state index in [1.54, 1.807) is 0 Å². The van der Waals surface area contributed by atoms with Crippen molar-refractivity contribution in [2.75, 3.05) is 0 Å². The molecule has 0 amide bonds. The summed E-state index contributed by atoms with van der Waals surface area (Å²) in [7, 11) is 0. The molecule has 0 radical (unpaired) electrons. The quantitative estimate of drug-likeness (QED) is 0.302. The highest BCUT2D eigenvalue weighted by Crippen LogP contribution is 2.28. The van der Waals surface area contributed by atoms with Gasteiger partial charge in [0.25, 0.3) is 0 Å². The van der Waals surface area contributed by atoms with Gasteiger partial charge >= 0.3 is 0 Å². The lowest BCUT2D eigenvalue weighted by Crippen LogP contribution is -2.33. The van der Waals surface area contributed by atoms with E-state index in [1.807, 2.05) is 0 Å². The van der Waals surface area contributed by atoms with Crippen molar-refractivity contribution < 1.29 is 9.13 Å². The topological polar surface area (TPSA) is 9.23 Å². The van der Waals surface area contributed by atoms with E-state index in [9.17, 15) is 4.39 Å². The monoisotopic (exact) mass is 328 g/mol. The van der Waals surface area contributed by atoms with Crippen LogP contribution in [0.15, 0.2) is 0 Å². The molecule has 3 atom stereocenters. The first kappa shape index (κ1) is 20.9. The van der Waals surface area contributed by atoms with Crippen molar-refractivity contribution in [3.63, 3.8) is 0 Å². The number of ether oxygens (including phenoxy) is 1. The second kappa shape index (κ2) is 14.3. The first-order chi connectivity index (χ1) is 11.3. The summed E-state index contributed by atoms with van der Waals surface area (Å²) in [6, 6.07) is 0. The molecule has 23 heavy (non-hydrogen) atoms. The Morgan fingerprint density at radius 3 is 1.48 bits per heavy atom. The number of alkyl halides is 1. The minimum Gasteiger partial charge on any atom is -0.375 e. The highest BCUT2D eigenvalue weighted by atomic mass is 19.1. The fraction of sp³-hybridized carbons (Fsp3) is 1.00. The fourth-order valence-corrected chi connectivity index (χ4v) is 3.73. The number of hydrogen-bond acceptors (Lipinski definition) is 1. The van der Waals surface area contributed by atoms with Gasteiger partial charge in [0.15, 0.2) is 0 Å². The molecule has 1 saturated heterocycles. The molecule has 0 bridgehead atoms. The normalized spacial score (nSPS) is 24.9. The van der Waals surface area contributed by atoms with Crippen molar-refractivity contribution >= 4 is 0 Å². The van der Waals surface area contributed by atoms with Gasteiger partial charge in [-0.3, -0.25) is 0 Å². The molecule has 1 nitrogen and oxygen atoms in total. The van der Waals surface area contributed by atoms with Crippen LogP contribution in [0.5, 0.6) is 0 Å². The molecule has 1 rings (SSSR count). The molecule has 0 aromatic carbocycles. The molecule has 0 saturated carbocycles. The fourth-order valence-electron chi connectivity index (χ4n) is 3.73. The van der Waals surface area contributed by atoms with Gasteiger partial charge in [-0.1, -0.05) is 90.9 Å². The number of unbranched alkanes of at least 4 members (excludes halogenated alkanes) is 10. The summed E-state index contributed by atoms with van der Waals surface area (Å²) < 4.78 is 20.1. The van der Waals surface area contributed by atoms with Gasteiger partial charge in [0.1, 0.15) is 6.17 Å². The van der Waals surface area contributed by atoms with E-state index in [-0.39, 0.29) is 12.2 Å². The zero-order valence-corrected chi connectivity index (χ0v) is 15.8. The lowest BCUT2D eigenvalue weighted by Gasteiger charge is -2.32. The Bertz CT molecular complexity index is 232. The Hall–Kier alpha value is -0.110. The highest BCUT2D eigenvalue weighted by Gasteiger charge is 2.28. The summed E-state index contributed by atoms with van der Waals surface area (Å²) in [4.78, 5) is 0. The summed E-state index contributed by atoms with van der Waals surface area (Å²) >= 11 is 0. The van der Waals surface area contributed by atoms with Gasteiger partial charge in [-0.15, -0.1) is 0 Å². The average molecular weight is 329 g/mol. The zero-order valence-electron chi connectivity index (χ0n) is 15.8. The molecular formula is C21H41FO. The third kappa shape index (κ3) is 11.1. The lowest BCUT2D eigenvalue weighted by atomic mass is 9.95. The Kier molecular flexibility index (Phi) is 13.0. The Labute approximate surface area is 144 Å². The van der Waals surface area contributed by atoms with Crippen LogP contribution < -0.4 is 0 Å². The van der Waals surface area contributed by atoms with Gasteiger partial charge in [-0.25, -0.2) is 4.39 Å². The predicted octanol–water partition coefficient (Wildman–Crippen LogP) is 7.37. The van der Waals surface area contributed by atoms with Crippen molar-refractivity contribution in [2.45, 2.75) is 135 Å². The third-order valence-corrected chi connectivity index (χ3v) is 5.18. The van der Waals surface area contributed by atoms with Gasteiger partial charge in [0, 0.05) is 12.8 Å². The minimum absolute atomic E-state index is 0.190. The van der Waals surface area contributed by atoms with E-state index in [2.05, 4.69) is 13.8 Å². The first-order valence-corrected chi connectivity index (χ1v) is 10.6. The van der Waals surface area contributed by atoms with Gasteiger partial charge in [0.2, 0.25) is 0 Å². The minimum atomic E-state index is -0.626. The molecule has 1 fully saturated rings. The maximum atomic E-state index is 14.0. The molecule has 0 N–H and O–H groups in total. The second-order valence-electron chi connectivity index (χ2n) is 7.56. The molecule has 1 unspecified atom stereocenters. The molecule has 138 valence electrons. The summed E-state index contributed by atoms with van der Waals surface area (Å²) in [5.74, 6) is 0. The Balaban J connectivity index is 2.07. The molecule has 1 heterocycles. The van der Waals surface area contributed by atoms with E-state index in [4.69, 9.17) is 4.74 Å². The molecule has 0 aromatic rings. The van der Waals surface area contributed by atoms with Crippen LogP contribution in [-0.2, 0) is 4.74 Å². The van der Waals surface area contributed by atoms with E-state index in [0.717, 1.165) is 12.8 Å². The predicted molar refractivity (Wildman–Crippen MR) is 98.8 cm³/mol. The van der Waals surface area contributed by atoms with Crippen LogP contribution >= 0.6 is 0 Å². The van der Waals surface area contributed by atoms with Crippen LogP contribution in [0, 0.1) is 0 Å². The maximum Gasteiger partial charge on any atom is 0.105 e. The molecule has 1 aliphatic rings. The van der Waals surface area contributed by atoms with Crippen LogP contribution in [0.4, 0.5) is 4.39 Å². The zero-order chi connectivity index (χ0) is 16.8. The lowest BCUT2D eigenvalue weighted by molar-refractivity contribution is -0.0838. The molecule has 0 aromatic heterocycles. The van der Waals surface area contributed by atoms with Crippen LogP contribution in [-0.4, -0.2) is 18.4 Å². The van der Waals surface area contributed by atoms with Crippen molar-refractivity contribution in [1.29, 1.82) is 0 Å². The van der Waals surface area contributed by atoms with Gasteiger partial charge in [-0.2, -0.15) is 0 Å². The van der Waals surface area contributed by atoms with E-state index in [1.165, 1.54) is 77.0 Å². The smallest absolute Gasteiger partial charge is 0.105 e. The first-order valence-electron chi connectivity index (χ1n) is 10.6.